The summed E-state index contributed by atoms with van der Waals surface area (Å²) < 4.78 is 0. The van der Waals surface area contributed by atoms with Gasteiger partial charge in [-0.2, -0.15) is 0 Å². The lowest BCUT2D eigenvalue weighted by Gasteiger charge is -2.01. The first kappa shape index (κ1) is 10.7. The maximum absolute atomic E-state index is 5.81. The molecule has 0 spiro atoms. The Morgan fingerprint density at radius 2 is 2.00 bits per heavy atom. The van der Waals surface area contributed by atoms with Crippen molar-refractivity contribution in [2.45, 2.75) is 6.92 Å². The molecule has 0 aliphatic rings. The van der Waals surface area contributed by atoms with E-state index in [4.69, 9.17) is 5.73 Å². The lowest BCUT2D eigenvalue weighted by molar-refractivity contribution is 0.802. The first-order valence-electron chi connectivity index (χ1n) is 4.75. The van der Waals surface area contributed by atoms with Gasteiger partial charge in [0.05, 0.1) is 6.54 Å². The van der Waals surface area contributed by atoms with Crippen LogP contribution in [0, 0.1) is 6.92 Å². The number of aryl methyl sites for hydroxylation is 1. The average Bonchev–Trinajstić information content (AvgIpc) is 2.19. The van der Waals surface area contributed by atoms with Gasteiger partial charge in [0.25, 0.3) is 0 Å². The van der Waals surface area contributed by atoms with Crippen LogP contribution in [0.3, 0.4) is 0 Å². The molecule has 1 rings (SSSR count). The molecule has 0 aliphatic heterocycles. The van der Waals surface area contributed by atoms with Crippen LogP contribution in [0.1, 0.15) is 11.1 Å². The van der Waals surface area contributed by atoms with E-state index in [0.717, 1.165) is 18.7 Å². The Morgan fingerprint density at radius 3 is 2.57 bits per heavy atom. The zero-order chi connectivity index (χ0) is 10.4. The van der Waals surface area contributed by atoms with Crippen molar-refractivity contribution in [2.24, 2.45) is 10.7 Å². The highest BCUT2D eigenvalue weighted by molar-refractivity contribution is 5.97. The van der Waals surface area contributed by atoms with Crippen LogP contribution in [-0.4, -0.2) is 26.0 Å². The molecule has 0 aliphatic carbocycles. The highest BCUT2D eigenvalue weighted by atomic mass is 14.9. The fourth-order valence-corrected chi connectivity index (χ4v) is 1.10. The van der Waals surface area contributed by atoms with E-state index in [0.29, 0.717) is 5.84 Å². The normalized spacial score (nSPS) is 11.7. The second kappa shape index (κ2) is 5.40. The van der Waals surface area contributed by atoms with Gasteiger partial charge >= 0.3 is 0 Å². The minimum Gasteiger partial charge on any atom is -0.384 e. The zero-order valence-electron chi connectivity index (χ0n) is 8.75. The maximum atomic E-state index is 5.81. The number of rotatable bonds is 4. The predicted octanol–water partition coefficient (Wildman–Crippen LogP) is 0.920. The summed E-state index contributed by atoms with van der Waals surface area (Å²) in [6.07, 6.45) is 0. The number of nitrogens with two attached hydrogens (primary N) is 1. The molecule has 0 aromatic heterocycles. The molecule has 0 heterocycles. The summed E-state index contributed by atoms with van der Waals surface area (Å²) in [5.74, 6) is 0.611. The fourth-order valence-electron chi connectivity index (χ4n) is 1.10. The molecule has 76 valence electrons. The van der Waals surface area contributed by atoms with E-state index in [9.17, 15) is 0 Å². The summed E-state index contributed by atoms with van der Waals surface area (Å²) in [5.41, 5.74) is 8.03. The van der Waals surface area contributed by atoms with Crippen LogP contribution in [0.25, 0.3) is 0 Å². The third-order valence-electron chi connectivity index (χ3n) is 1.99. The first-order valence-corrected chi connectivity index (χ1v) is 4.75. The summed E-state index contributed by atoms with van der Waals surface area (Å²) in [5, 5.41) is 3.02. The summed E-state index contributed by atoms with van der Waals surface area (Å²) >= 11 is 0. The van der Waals surface area contributed by atoms with Crippen molar-refractivity contribution in [3.63, 3.8) is 0 Å². The molecule has 0 bridgehead atoms. The Bertz CT molecular complexity index is 301. The van der Waals surface area contributed by atoms with Crippen molar-refractivity contribution in [1.29, 1.82) is 0 Å². The van der Waals surface area contributed by atoms with Gasteiger partial charge in [0.1, 0.15) is 5.84 Å². The van der Waals surface area contributed by atoms with Crippen molar-refractivity contribution in [3.05, 3.63) is 35.4 Å². The highest BCUT2D eigenvalue weighted by Crippen LogP contribution is 2.02. The molecule has 3 N–H and O–H groups in total. The molecule has 0 amide bonds. The molecular formula is C11H17N3. The number of aliphatic imine (C=N–C) groups is 1. The smallest absolute Gasteiger partial charge is 0.125 e. The van der Waals surface area contributed by atoms with E-state index in [2.05, 4.69) is 17.2 Å². The van der Waals surface area contributed by atoms with Crippen LogP contribution >= 0.6 is 0 Å². The molecular weight excluding hydrogens is 174 g/mol. The highest BCUT2D eigenvalue weighted by Gasteiger charge is 1.95. The van der Waals surface area contributed by atoms with Crippen molar-refractivity contribution in [2.75, 3.05) is 20.1 Å². The van der Waals surface area contributed by atoms with Crippen molar-refractivity contribution in [3.8, 4) is 0 Å². The average molecular weight is 191 g/mol. The Balaban J connectivity index is 2.64. The van der Waals surface area contributed by atoms with Crippen LogP contribution in [0.15, 0.2) is 29.3 Å². The van der Waals surface area contributed by atoms with Crippen molar-refractivity contribution in [1.82, 2.24) is 5.32 Å². The molecule has 0 saturated carbocycles. The molecule has 0 radical (unpaired) electrons. The largest absolute Gasteiger partial charge is 0.384 e. The lowest BCUT2D eigenvalue weighted by atomic mass is 10.1. The molecule has 0 unspecified atom stereocenters. The monoisotopic (exact) mass is 191 g/mol. The van der Waals surface area contributed by atoms with E-state index >= 15 is 0 Å². The van der Waals surface area contributed by atoms with E-state index < -0.39 is 0 Å². The molecule has 0 saturated heterocycles. The predicted molar refractivity (Wildman–Crippen MR) is 60.7 cm³/mol. The lowest BCUT2D eigenvalue weighted by Crippen LogP contribution is -2.17. The second-order valence-corrected chi connectivity index (χ2v) is 3.24. The van der Waals surface area contributed by atoms with E-state index in [-0.39, 0.29) is 0 Å². The summed E-state index contributed by atoms with van der Waals surface area (Å²) in [6.45, 7) is 3.63. The van der Waals surface area contributed by atoms with Crippen LogP contribution in [0.2, 0.25) is 0 Å². The fraction of sp³-hybridized carbons (Fsp3) is 0.364. The van der Waals surface area contributed by atoms with Crippen LogP contribution in [-0.2, 0) is 0 Å². The molecule has 3 heteroatoms. The topological polar surface area (TPSA) is 50.4 Å². The van der Waals surface area contributed by atoms with E-state index in [1.165, 1.54) is 5.56 Å². The Labute approximate surface area is 85.0 Å². The number of likely N-dealkylation sites (N-methyl/N-ethyl adjacent to an activating group) is 1. The van der Waals surface area contributed by atoms with Gasteiger partial charge in [-0.05, 0) is 14.0 Å². The second-order valence-electron chi connectivity index (χ2n) is 3.24. The third-order valence-corrected chi connectivity index (χ3v) is 1.99. The number of amidine groups is 1. The number of nitrogens with one attached hydrogen (secondary N) is 1. The van der Waals surface area contributed by atoms with Gasteiger partial charge < -0.3 is 11.1 Å². The summed E-state index contributed by atoms with van der Waals surface area (Å²) in [6, 6.07) is 8.06. The number of hydrogen-bond acceptors (Lipinski definition) is 2. The van der Waals surface area contributed by atoms with Gasteiger partial charge in [-0.15, -0.1) is 0 Å². The van der Waals surface area contributed by atoms with Gasteiger partial charge in [0.2, 0.25) is 0 Å². The number of hydrogen-bond donors (Lipinski definition) is 2. The minimum absolute atomic E-state index is 0.611. The molecule has 3 nitrogen and oxygen atoms in total. The summed E-state index contributed by atoms with van der Waals surface area (Å²) in [4.78, 5) is 4.25. The third kappa shape index (κ3) is 3.18. The van der Waals surface area contributed by atoms with Gasteiger partial charge in [-0.1, -0.05) is 29.8 Å². The standard InChI is InChI=1S/C11H17N3/c1-9-3-5-10(6-4-9)11(12)14-8-7-13-2/h3-6,13H,7-8H2,1-2H3,(H2,12,14). The van der Waals surface area contributed by atoms with Gasteiger partial charge in [-0.3, -0.25) is 4.99 Å². The van der Waals surface area contributed by atoms with Gasteiger partial charge in [0, 0.05) is 12.1 Å². The van der Waals surface area contributed by atoms with Crippen molar-refractivity contribution >= 4 is 5.84 Å². The Hall–Kier alpha value is -1.35. The minimum atomic E-state index is 0.611. The molecule has 1 aromatic rings. The Morgan fingerprint density at radius 1 is 1.36 bits per heavy atom. The molecule has 0 fully saturated rings. The number of nitrogens with zero attached hydrogens (tertiary/aromatic N) is 1. The van der Waals surface area contributed by atoms with E-state index in [1.54, 1.807) is 0 Å². The zero-order valence-corrected chi connectivity index (χ0v) is 8.75. The van der Waals surface area contributed by atoms with Crippen molar-refractivity contribution < 1.29 is 0 Å². The summed E-state index contributed by atoms with van der Waals surface area (Å²) in [7, 11) is 1.90. The van der Waals surface area contributed by atoms with Gasteiger partial charge in [0.15, 0.2) is 0 Å². The van der Waals surface area contributed by atoms with Crippen LogP contribution < -0.4 is 11.1 Å². The molecule has 14 heavy (non-hydrogen) atoms. The maximum Gasteiger partial charge on any atom is 0.125 e. The Kier molecular flexibility index (Phi) is 4.13. The molecule has 0 atom stereocenters. The van der Waals surface area contributed by atoms with E-state index in [1.807, 2.05) is 31.3 Å². The first-order chi connectivity index (χ1) is 6.74. The quantitative estimate of drug-likeness (QED) is 0.422. The number of benzene rings is 1. The van der Waals surface area contributed by atoms with Crippen LogP contribution in [0.4, 0.5) is 0 Å². The SMILES string of the molecule is CNCCN=C(N)c1ccc(C)cc1. The molecule has 1 aromatic carbocycles. The van der Waals surface area contributed by atoms with Crippen LogP contribution in [0.5, 0.6) is 0 Å². The van der Waals surface area contributed by atoms with Gasteiger partial charge in [-0.25, -0.2) is 0 Å².